The third-order valence-electron chi connectivity index (χ3n) is 2.74. The molecule has 2 atom stereocenters. The standard InChI is InChI=1S/C13H24Cl2O/c1-3-5-7-9-11(14)13(16)12(15)10-8-6-4-2/h11-12H,3-10H2,1-2H3. The number of halogens is 2. The molecule has 0 bridgehead atoms. The van der Waals surface area contributed by atoms with Gasteiger partial charge < -0.3 is 0 Å². The van der Waals surface area contributed by atoms with E-state index in [1.165, 1.54) is 0 Å². The summed E-state index contributed by atoms with van der Waals surface area (Å²) in [5, 5.41) is -0.758. The molecule has 0 spiro atoms. The van der Waals surface area contributed by atoms with Gasteiger partial charge in [-0.2, -0.15) is 0 Å². The van der Waals surface area contributed by atoms with Gasteiger partial charge in [0.25, 0.3) is 0 Å². The third kappa shape index (κ3) is 7.51. The highest BCUT2D eigenvalue weighted by Crippen LogP contribution is 2.18. The Kier molecular flexibility index (Phi) is 10.6. The molecule has 1 nitrogen and oxygen atoms in total. The van der Waals surface area contributed by atoms with E-state index in [0.29, 0.717) is 0 Å². The number of alkyl halides is 2. The summed E-state index contributed by atoms with van der Waals surface area (Å²) in [4.78, 5) is 11.8. The monoisotopic (exact) mass is 266 g/mol. The van der Waals surface area contributed by atoms with Crippen LogP contribution in [-0.2, 0) is 4.79 Å². The number of rotatable bonds is 10. The predicted octanol–water partition coefficient (Wildman–Crippen LogP) is 4.93. The Bertz CT molecular complexity index is 165. The van der Waals surface area contributed by atoms with E-state index in [-0.39, 0.29) is 16.5 Å². The van der Waals surface area contributed by atoms with Gasteiger partial charge in [-0.1, -0.05) is 52.4 Å². The lowest BCUT2D eigenvalue weighted by molar-refractivity contribution is -0.118. The highest BCUT2D eigenvalue weighted by molar-refractivity contribution is 6.40. The minimum absolute atomic E-state index is 0.0236. The molecule has 0 aliphatic heterocycles. The SMILES string of the molecule is CCCCCC(Cl)C(=O)C(Cl)CCCCC. The molecule has 96 valence electrons. The first kappa shape index (κ1) is 16.2. The zero-order valence-electron chi connectivity index (χ0n) is 10.5. The zero-order chi connectivity index (χ0) is 12.4. The average Bonchev–Trinajstić information content (AvgIpc) is 2.28. The van der Waals surface area contributed by atoms with Gasteiger partial charge in [0, 0.05) is 0 Å². The van der Waals surface area contributed by atoms with Crippen LogP contribution in [0.15, 0.2) is 0 Å². The van der Waals surface area contributed by atoms with Crippen LogP contribution in [-0.4, -0.2) is 16.5 Å². The van der Waals surface area contributed by atoms with E-state index in [1.807, 2.05) is 0 Å². The predicted molar refractivity (Wildman–Crippen MR) is 72.6 cm³/mol. The number of carbonyl (C=O) groups is 1. The summed E-state index contributed by atoms with van der Waals surface area (Å²) in [6.45, 7) is 4.28. The van der Waals surface area contributed by atoms with Crippen molar-refractivity contribution in [2.75, 3.05) is 0 Å². The van der Waals surface area contributed by atoms with Crippen LogP contribution in [0.4, 0.5) is 0 Å². The molecule has 0 aromatic carbocycles. The lowest BCUT2D eigenvalue weighted by Gasteiger charge is -2.12. The van der Waals surface area contributed by atoms with Gasteiger partial charge in [0.1, 0.15) is 0 Å². The molecular weight excluding hydrogens is 243 g/mol. The molecule has 0 N–H and O–H groups in total. The van der Waals surface area contributed by atoms with Crippen molar-refractivity contribution in [3.8, 4) is 0 Å². The van der Waals surface area contributed by atoms with E-state index < -0.39 is 0 Å². The van der Waals surface area contributed by atoms with Crippen molar-refractivity contribution in [2.45, 2.75) is 76.0 Å². The lowest BCUT2D eigenvalue weighted by atomic mass is 10.0. The summed E-state index contributed by atoms with van der Waals surface area (Å²) in [6, 6.07) is 0. The van der Waals surface area contributed by atoms with Gasteiger partial charge in [0.15, 0.2) is 5.78 Å². The molecule has 0 aromatic heterocycles. The minimum Gasteiger partial charge on any atom is -0.296 e. The molecule has 0 fully saturated rings. The molecule has 0 aromatic rings. The first-order valence-corrected chi connectivity index (χ1v) is 7.32. The van der Waals surface area contributed by atoms with Gasteiger partial charge in [-0.25, -0.2) is 0 Å². The summed E-state index contributed by atoms with van der Waals surface area (Å²) in [5.74, 6) is 0.0236. The van der Waals surface area contributed by atoms with Gasteiger partial charge >= 0.3 is 0 Å². The molecule has 16 heavy (non-hydrogen) atoms. The number of hydrogen-bond acceptors (Lipinski definition) is 1. The van der Waals surface area contributed by atoms with Gasteiger partial charge in [-0.3, -0.25) is 4.79 Å². The molecule has 0 radical (unpaired) electrons. The molecule has 0 heterocycles. The minimum atomic E-state index is -0.379. The maximum absolute atomic E-state index is 11.8. The number of hydrogen-bond donors (Lipinski definition) is 0. The largest absolute Gasteiger partial charge is 0.296 e. The quantitative estimate of drug-likeness (QED) is 0.405. The Morgan fingerprint density at radius 1 is 0.875 bits per heavy atom. The number of Topliss-reactive ketones (excluding diaryl/α,β-unsaturated/α-hetero) is 1. The summed E-state index contributed by atoms with van der Waals surface area (Å²) >= 11 is 12.1. The Balaban J connectivity index is 3.73. The summed E-state index contributed by atoms with van der Waals surface area (Å²) < 4.78 is 0. The Morgan fingerprint density at radius 2 is 1.25 bits per heavy atom. The maximum atomic E-state index is 11.8. The van der Waals surface area contributed by atoms with E-state index in [2.05, 4.69) is 13.8 Å². The van der Waals surface area contributed by atoms with E-state index in [9.17, 15) is 4.79 Å². The fourth-order valence-corrected chi connectivity index (χ4v) is 2.31. The molecule has 3 heteroatoms. The third-order valence-corrected chi connectivity index (χ3v) is 3.61. The molecule has 2 unspecified atom stereocenters. The maximum Gasteiger partial charge on any atom is 0.168 e. The van der Waals surface area contributed by atoms with Crippen molar-refractivity contribution in [3.05, 3.63) is 0 Å². The van der Waals surface area contributed by atoms with Crippen LogP contribution in [0.3, 0.4) is 0 Å². The van der Waals surface area contributed by atoms with Crippen LogP contribution in [0, 0.1) is 0 Å². The molecule has 0 amide bonds. The smallest absolute Gasteiger partial charge is 0.168 e. The molecule has 0 rings (SSSR count). The van der Waals surface area contributed by atoms with Crippen molar-refractivity contribution in [2.24, 2.45) is 0 Å². The van der Waals surface area contributed by atoms with Crippen molar-refractivity contribution >= 4 is 29.0 Å². The van der Waals surface area contributed by atoms with Crippen LogP contribution in [0.25, 0.3) is 0 Å². The van der Waals surface area contributed by atoms with Gasteiger partial charge in [-0.15, -0.1) is 23.2 Å². The topological polar surface area (TPSA) is 17.1 Å². The second-order valence-corrected chi connectivity index (χ2v) is 5.38. The van der Waals surface area contributed by atoms with Gasteiger partial charge in [-0.05, 0) is 12.8 Å². The van der Waals surface area contributed by atoms with Crippen LogP contribution < -0.4 is 0 Å². The molecule has 0 aliphatic carbocycles. The second-order valence-electron chi connectivity index (χ2n) is 4.33. The summed E-state index contributed by atoms with van der Waals surface area (Å²) in [7, 11) is 0. The highest BCUT2D eigenvalue weighted by atomic mass is 35.5. The van der Waals surface area contributed by atoms with Crippen molar-refractivity contribution < 1.29 is 4.79 Å². The lowest BCUT2D eigenvalue weighted by Crippen LogP contribution is -2.24. The Morgan fingerprint density at radius 3 is 1.56 bits per heavy atom. The molecular formula is C13H24Cl2O. The van der Waals surface area contributed by atoms with Crippen LogP contribution in [0.1, 0.15) is 65.2 Å². The first-order chi connectivity index (χ1) is 7.63. The summed E-state index contributed by atoms with van der Waals surface area (Å²) in [5.41, 5.74) is 0. The molecule has 0 aliphatic rings. The van der Waals surface area contributed by atoms with Crippen molar-refractivity contribution in [1.29, 1.82) is 0 Å². The van der Waals surface area contributed by atoms with E-state index in [1.54, 1.807) is 0 Å². The summed E-state index contributed by atoms with van der Waals surface area (Å²) in [6.07, 6.45) is 8.16. The van der Waals surface area contributed by atoms with E-state index >= 15 is 0 Å². The fourth-order valence-electron chi connectivity index (χ4n) is 1.63. The van der Waals surface area contributed by atoms with E-state index in [0.717, 1.165) is 51.4 Å². The Labute approximate surface area is 110 Å². The normalized spacial score (nSPS) is 14.8. The number of carbonyl (C=O) groups excluding carboxylic acids is 1. The van der Waals surface area contributed by atoms with Gasteiger partial charge in [0.2, 0.25) is 0 Å². The fraction of sp³-hybridized carbons (Fsp3) is 0.923. The Hall–Kier alpha value is 0.250. The van der Waals surface area contributed by atoms with Gasteiger partial charge in [0.05, 0.1) is 10.8 Å². The van der Waals surface area contributed by atoms with E-state index in [4.69, 9.17) is 23.2 Å². The zero-order valence-corrected chi connectivity index (χ0v) is 12.0. The van der Waals surface area contributed by atoms with Crippen LogP contribution in [0.5, 0.6) is 0 Å². The molecule has 0 saturated heterocycles. The first-order valence-electron chi connectivity index (χ1n) is 6.45. The second kappa shape index (κ2) is 10.4. The van der Waals surface area contributed by atoms with Crippen LogP contribution >= 0.6 is 23.2 Å². The molecule has 0 saturated carbocycles. The van der Waals surface area contributed by atoms with Crippen molar-refractivity contribution in [3.63, 3.8) is 0 Å². The highest BCUT2D eigenvalue weighted by Gasteiger charge is 2.22. The average molecular weight is 267 g/mol. The number of unbranched alkanes of at least 4 members (excludes halogenated alkanes) is 4. The van der Waals surface area contributed by atoms with Crippen LogP contribution in [0.2, 0.25) is 0 Å². The van der Waals surface area contributed by atoms with Crippen molar-refractivity contribution in [1.82, 2.24) is 0 Å². The number of ketones is 1.